The number of nitrogen functional groups attached to an aromatic ring is 1. The molecule has 0 radical (unpaired) electrons. The average molecular weight is 246 g/mol. The summed E-state index contributed by atoms with van der Waals surface area (Å²) in [5.74, 6) is 2.63. The fourth-order valence-corrected chi connectivity index (χ4v) is 3.72. The smallest absolute Gasteiger partial charge is 0.137 e. The normalized spacial score (nSPS) is 27.3. The molecule has 2 unspecified atom stereocenters. The van der Waals surface area contributed by atoms with Crippen LogP contribution in [-0.4, -0.2) is 22.6 Å². The van der Waals surface area contributed by atoms with Gasteiger partial charge in [-0.3, -0.25) is 0 Å². The maximum absolute atomic E-state index is 6.00. The van der Waals surface area contributed by atoms with Gasteiger partial charge in [0.05, 0.1) is 0 Å². The monoisotopic (exact) mass is 246 g/mol. The molecule has 1 aliphatic carbocycles. The van der Waals surface area contributed by atoms with Gasteiger partial charge in [0.2, 0.25) is 0 Å². The molecule has 1 saturated heterocycles. The molecule has 18 heavy (non-hydrogen) atoms. The van der Waals surface area contributed by atoms with Crippen molar-refractivity contribution in [3.05, 3.63) is 11.9 Å². The molecule has 0 spiro atoms. The van der Waals surface area contributed by atoms with Crippen molar-refractivity contribution in [1.82, 2.24) is 9.97 Å². The molecule has 4 heteroatoms. The van der Waals surface area contributed by atoms with Crippen LogP contribution in [0.4, 0.5) is 11.6 Å². The highest BCUT2D eigenvalue weighted by atomic mass is 15.2. The lowest BCUT2D eigenvalue weighted by Gasteiger charge is -2.39. The second-order valence-corrected chi connectivity index (χ2v) is 5.51. The van der Waals surface area contributed by atoms with E-state index in [1.807, 2.05) is 0 Å². The molecule has 2 fully saturated rings. The summed E-state index contributed by atoms with van der Waals surface area (Å²) < 4.78 is 0. The number of nitrogens with zero attached hydrogens (tertiary/aromatic N) is 3. The van der Waals surface area contributed by atoms with Gasteiger partial charge in [-0.15, -0.1) is 0 Å². The van der Waals surface area contributed by atoms with E-state index in [0.717, 1.165) is 30.3 Å². The summed E-state index contributed by atoms with van der Waals surface area (Å²) in [6, 6.07) is 0.693. The van der Waals surface area contributed by atoms with E-state index in [2.05, 4.69) is 21.8 Å². The molecule has 0 amide bonds. The first-order valence-electron chi connectivity index (χ1n) is 7.17. The Balaban J connectivity index is 1.96. The number of piperidine rings is 1. The van der Waals surface area contributed by atoms with E-state index in [-0.39, 0.29) is 0 Å². The summed E-state index contributed by atoms with van der Waals surface area (Å²) in [7, 11) is 0. The van der Waals surface area contributed by atoms with Crippen molar-refractivity contribution < 1.29 is 0 Å². The number of hydrogen-bond donors (Lipinski definition) is 1. The van der Waals surface area contributed by atoms with Gasteiger partial charge in [0.25, 0.3) is 0 Å². The summed E-state index contributed by atoms with van der Waals surface area (Å²) in [6.07, 6.45) is 9.28. The number of hydrogen-bond acceptors (Lipinski definition) is 4. The van der Waals surface area contributed by atoms with Gasteiger partial charge in [-0.2, -0.15) is 0 Å². The maximum Gasteiger partial charge on any atom is 0.137 e. The Morgan fingerprint density at radius 2 is 2.11 bits per heavy atom. The van der Waals surface area contributed by atoms with Crippen molar-refractivity contribution in [2.45, 2.75) is 51.5 Å². The summed E-state index contributed by atoms with van der Waals surface area (Å²) in [6.45, 7) is 3.26. The molecule has 2 aliphatic rings. The Morgan fingerprint density at radius 3 is 2.94 bits per heavy atom. The zero-order chi connectivity index (χ0) is 12.5. The number of aromatic nitrogens is 2. The second-order valence-electron chi connectivity index (χ2n) is 5.51. The minimum atomic E-state index is 0.655. The van der Waals surface area contributed by atoms with E-state index >= 15 is 0 Å². The lowest BCUT2D eigenvalue weighted by atomic mass is 9.91. The zero-order valence-corrected chi connectivity index (χ0v) is 11.1. The van der Waals surface area contributed by atoms with Crippen molar-refractivity contribution in [2.24, 2.45) is 5.92 Å². The SMILES string of the molecule is CCc1c(N)ncnc1N1CCCC2CCCC21. The van der Waals surface area contributed by atoms with Gasteiger partial charge in [0.15, 0.2) is 0 Å². The quantitative estimate of drug-likeness (QED) is 0.870. The number of fused-ring (bicyclic) bond motifs is 1. The molecule has 0 aromatic carbocycles. The third-order valence-electron chi connectivity index (χ3n) is 4.57. The highest BCUT2D eigenvalue weighted by Gasteiger charge is 2.36. The summed E-state index contributed by atoms with van der Waals surface area (Å²) in [5.41, 5.74) is 7.13. The first-order chi connectivity index (χ1) is 8.81. The molecule has 1 aromatic heterocycles. The summed E-state index contributed by atoms with van der Waals surface area (Å²) in [4.78, 5) is 11.2. The van der Waals surface area contributed by atoms with E-state index in [1.165, 1.54) is 32.1 Å². The topological polar surface area (TPSA) is 55.0 Å². The Labute approximate surface area is 109 Å². The van der Waals surface area contributed by atoms with Crippen LogP contribution in [0.25, 0.3) is 0 Å². The molecule has 1 saturated carbocycles. The van der Waals surface area contributed by atoms with Crippen LogP contribution in [0.5, 0.6) is 0 Å². The Kier molecular flexibility index (Phi) is 3.10. The molecule has 1 aromatic rings. The maximum atomic E-state index is 6.00. The van der Waals surface area contributed by atoms with E-state index in [1.54, 1.807) is 6.33 Å². The fraction of sp³-hybridized carbons (Fsp3) is 0.714. The van der Waals surface area contributed by atoms with E-state index in [9.17, 15) is 0 Å². The molecule has 1 aliphatic heterocycles. The summed E-state index contributed by atoms with van der Waals surface area (Å²) >= 11 is 0. The predicted molar refractivity (Wildman–Crippen MR) is 73.5 cm³/mol. The van der Waals surface area contributed by atoms with Gasteiger partial charge in [-0.25, -0.2) is 9.97 Å². The van der Waals surface area contributed by atoms with Crippen molar-refractivity contribution in [2.75, 3.05) is 17.2 Å². The molecule has 2 N–H and O–H groups in total. The lowest BCUT2D eigenvalue weighted by molar-refractivity contribution is 0.360. The third-order valence-corrected chi connectivity index (χ3v) is 4.57. The zero-order valence-electron chi connectivity index (χ0n) is 11.1. The fourth-order valence-electron chi connectivity index (χ4n) is 3.72. The van der Waals surface area contributed by atoms with Gasteiger partial charge >= 0.3 is 0 Å². The number of anilines is 2. The Hall–Kier alpha value is -1.32. The molecule has 98 valence electrons. The van der Waals surface area contributed by atoms with Gasteiger partial charge in [0.1, 0.15) is 18.0 Å². The van der Waals surface area contributed by atoms with Crippen LogP contribution in [0, 0.1) is 5.92 Å². The molecular formula is C14H22N4. The number of rotatable bonds is 2. The van der Waals surface area contributed by atoms with Crippen molar-refractivity contribution in [3.8, 4) is 0 Å². The number of nitrogens with two attached hydrogens (primary N) is 1. The molecule has 2 atom stereocenters. The van der Waals surface area contributed by atoms with Gasteiger partial charge in [-0.05, 0) is 38.0 Å². The van der Waals surface area contributed by atoms with Crippen LogP contribution in [0.3, 0.4) is 0 Å². The largest absolute Gasteiger partial charge is 0.383 e. The van der Waals surface area contributed by atoms with Crippen LogP contribution in [0.2, 0.25) is 0 Å². The van der Waals surface area contributed by atoms with E-state index < -0.39 is 0 Å². The van der Waals surface area contributed by atoms with Crippen LogP contribution >= 0.6 is 0 Å². The predicted octanol–water partition coefficient (Wildman–Crippen LogP) is 2.39. The summed E-state index contributed by atoms with van der Waals surface area (Å²) in [5, 5.41) is 0. The van der Waals surface area contributed by atoms with E-state index in [0.29, 0.717) is 11.9 Å². The van der Waals surface area contributed by atoms with Crippen LogP contribution in [0.1, 0.15) is 44.6 Å². The highest BCUT2D eigenvalue weighted by molar-refractivity contribution is 5.57. The van der Waals surface area contributed by atoms with E-state index in [4.69, 9.17) is 5.73 Å². The van der Waals surface area contributed by atoms with Crippen molar-refractivity contribution >= 4 is 11.6 Å². The van der Waals surface area contributed by atoms with Crippen LogP contribution < -0.4 is 10.6 Å². The van der Waals surface area contributed by atoms with Crippen molar-refractivity contribution in [1.29, 1.82) is 0 Å². The first-order valence-corrected chi connectivity index (χ1v) is 7.17. The molecule has 3 rings (SSSR count). The molecular weight excluding hydrogens is 224 g/mol. The second kappa shape index (κ2) is 4.75. The molecule has 2 heterocycles. The third kappa shape index (κ3) is 1.84. The average Bonchev–Trinajstić information content (AvgIpc) is 2.86. The van der Waals surface area contributed by atoms with Crippen LogP contribution in [-0.2, 0) is 6.42 Å². The molecule has 0 bridgehead atoms. The minimum Gasteiger partial charge on any atom is -0.383 e. The van der Waals surface area contributed by atoms with Gasteiger partial charge in [0, 0.05) is 18.2 Å². The van der Waals surface area contributed by atoms with Crippen LogP contribution in [0.15, 0.2) is 6.33 Å². The molecule has 4 nitrogen and oxygen atoms in total. The Morgan fingerprint density at radius 1 is 1.28 bits per heavy atom. The van der Waals surface area contributed by atoms with Gasteiger partial charge < -0.3 is 10.6 Å². The standard InChI is InChI=1S/C14H22N4/c1-2-11-13(15)16-9-17-14(11)18-8-4-6-10-5-3-7-12(10)18/h9-10,12H,2-8H2,1H3,(H2,15,16,17). The Bertz CT molecular complexity index is 432. The lowest BCUT2D eigenvalue weighted by Crippen LogP contribution is -2.43. The first kappa shape index (κ1) is 11.8. The van der Waals surface area contributed by atoms with Gasteiger partial charge in [-0.1, -0.05) is 13.3 Å². The highest BCUT2D eigenvalue weighted by Crippen LogP contribution is 2.39. The van der Waals surface area contributed by atoms with Crippen molar-refractivity contribution in [3.63, 3.8) is 0 Å². The minimum absolute atomic E-state index is 0.655.